The maximum Gasteiger partial charge on any atom is 0.481 e. The zero-order valence-electron chi connectivity index (χ0n) is 6.40. The summed E-state index contributed by atoms with van der Waals surface area (Å²) in [5.41, 5.74) is 3.75. The third-order valence-electron chi connectivity index (χ3n) is 2.43. The molecule has 0 atom stereocenters. The Balaban J connectivity index is 2.39. The maximum absolute atomic E-state index is 12.1. The molecule has 1 nitrogen and oxygen atoms in total. The summed E-state index contributed by atoms with van der Waals surface area (Å²) in [7, 11) is 0. The highest BCUT2D eigenvalue weighted by molar-refractivity contribution is 6.60. The Bertz CT molecular complexity index is 128. The summed E-state index contributed by atoms with van der Waals surface area (Å²) < 4.78 is 36.3. The molecule has 0 aromatic carbocycles. The molecule has 0 amide bonds. The molecule has 11 heavy (non-hydrogen) atoms. The first kappa shape index (κ1) is 8.91. The Kier molecular flexibility index (Phi) is 2.47. The van der Waals surface area contributed by atoms with E-state index in [1.807, 2.05) is 0 Å². The van der Waals surface area contributed by atoms with Gasteiger partial charge in [0.1, 0.15) is 0 Å². The molecule has 0 unspecified atom stereocenters. The van der Waals surface area contributed by atoms with Gasteiger partial charge in [0.05, 0.1) is 6.04 Å². The molecule has 66 valence electrons. The summed E-state index contributed by atoms with van der Waals surface area (Å²) in [5.74, 6) is -0.993. The van der Waals surface area contributed by atoms with Crippen molar-refractivity contribution in [3.05, 3.63) is 0 Å². The highest BCUT2D eigenvalue weighted by Gasteiger charge is 2.37. The number of hydrogen-bond acceptors (Lipinski definition) is 0. The highest BCUT2D eigenvalue weighted by Crippen LogP contribution is 2.38. The van der Waals surface area contributed by atoms with Gasteiger partial charge < -0.3 is 18.7 Å². The Morgan fingerprint density at radius 1 is 1.00 bits per heavy atom. The van der Waals surface area contributed by atoms with Crippen LogP contribution in [0.4, 0.5) is 12.9 Å². The van der Waals surface area contributed by atoms with Crippen molar-refractivity contribution >= 4 is 6.98 Å². The van der Waals surface area contributed by atoms with Crippen LogP contribution in [0.1, 0.15) is 25.7 Å². The number of quaternary nitrogens is 1. The summed E-state index contributed by atoms with van der Waals surface area (Å²) in [5, 5.41) is 0. The molecule has 1 aliphatic rings. The predicted octanol–water partition coefficient (Wildman–Crippen LogP) is 1.39. The van der Waals surface area contributed by atoms with E-state index >= 15 is 0 Å². The fourth-order valence-electron chi connectivity index (χ4n) is 1.57. The monoisotopic (exact) mass is 167 g/mol. The molecular formula is C6H13BF3N. The van der Waals surface area contributed by atoms with E-state index in [0.29, 0.717) is 25.7 Å². The molecule has 0 heterocycles. The van der Waals surface area contributed by atoms with Crippen LogP contribution in [0.3, 0.4) is 0 Å². The van der Waals surface area contributed by atoms with Crippen molar-refractivity contribution in [2.24, 2.45) is 0 Å². The normalized spacial score (nSPS) is 33.8. The van der Waals surface area contributed by atoms with E-state index in [2.05, 4.69) is 5.73 Å². The van der Waals surface area contributed by atoms with Crippen LogP contribution < -0.4 is 5.73 Å². The van der Waals surface area contributed by atoms with Crippen LogP contribution in [-0.2, 0) is 0 Å². The topological polar surface area (TPSA) is 27.6 Å². The fraction of sp³-hybridized carbons (Fsp3) is 1.00. The maximum atomic E-state index is 12.1. The van der Waals surface area contributed by atoms with Gasteiger partial charge in [0.2, 0.25) is 0 Å². The fourth-order valence-corrected chi connectivity index (χ4v) is 1.57. The molecule has 0 bridgehead atoms. The molecule has 1 fully saturated rings. The molecule has 0 saturated heterocycles. The van der Waals surface area contributed by atoms with E-state index < -0.39 is 12.8 Å². The average Bonchev–Trinajstić information content (AvgIpc) is 1.86. The molecule has 1 rings (SSSR count). The molecule has 0 radical (unpaired) electrons. The lowest BCUT2D eigenvalue weighted by Crippen LogP contribution is -2.62. The van der Waals surface area contributed by atoms with Crippen molar-refractivity contribution in [2.75, 3.05) is 0 Å². The molecule has 0 aromatic rings. The van der Waals surface area contributed by atoms with Gasteiger partial charge in [0, 0.05) is 0 Å². The molecule has 1 aliphatic carbocycles. The van der Waals surface area contributed by atoms with E-state index in [1.165, 1.54) is 0 Å². The minimum absolute atomic E-state index is 0.254. The van der Waals surface area contributed by atoms with E-state index in [4.69, 9.17) is 0 Å². The number of rotatable bonds is 1. The SMILES string of the molecule is [NH3+]C1CCC([B-](F)(F)F)CC1. The quantitative estimate of drug-likeness (QED) is 0.571. The van der Waals surface area contributed by atoms with Crippen LogP contribution in [-0.4, -0.2) is 13.0 Å². The summed E-state index contributed by atoms with van der Waals surface area (Å²) in [6.07, 6.45) is 1.90. The van der Waals surface area contributed by atoms with Gasteiger partial charge in [-0.05, 0) is 12.8 Å². The van der Waals surface area contributed by atoms with Crippen LogP contribution in [0.5, 0.6) is 0 Å². The summed E-state index contributed by atoms with van der Waals surface area (Å²) >= 11 is 0. The molecular weight excluding hydrogens is 154 g/mol. The van der Waals surface area contributed by atoms with Crippen LogP contribution in [0.15, 0.2) is 0 Å². The van der Waals surface area contributed by atoms with Crippen molar-refractivity contribution in [2.45, 2.75) is 37.5 Å². The molecule has 1 saturated carbocycles. The smallest absolute Gasteiger partial charge is 0.449 e. The summed E-state index contributed by atoms with van der Waals surface area (Å²) in [6.45, 7) is -4.58. The van der Waals surface area contributed by atoms with Crippen LogP contribution >= 0.6 is 0 Å². The second-order valence-electron chi connectivity index (χ2n) is 3.41. The zero-order chi connectivity index (χ0) is 8.48. The van der Waals surface area contributed by atoms with Gasteiger partial charge in [-0.15, -0.1) is 0 Å². The van der Waals surface area contributed by atoms with Crippen molar-refractivity contribution in [1.82, 2.24) is 0 Å². The van der Waals surface area contributed by atoms with Crippen LogP contribution in [0, 0.1) is 0 Å². The highest BCUT2D eigenvalue weighted by atomic mass is 19.4. The van der Waals surface area contributed by atoms with E-state index in [1.54, 1.807) is 0 Å². The molecule has 0 aromatic heterocycles. The second kappa shape index (κ2) is 3.05. The van der Waals surface area contributed by atoms with Gasteiger partial charge in [0.15, 0.2) is 0 Å². The van der Waals surface area contributed by atoms with Crippen LogP contribution in [0.25, 0.3) is 0 Å². The first-order valence-corrected chi connectivity index (χ1v) is 4.03. The third kappa shape index (κ3) is 2.40. The second-order valence-corrected chi connectivity index (χ2v) is 3.41. The van der Waals surface area contributed by atoms with Crippen LogP contribution in [0.2, 0.25) is 5.82 Å². The molecule has 3 N–H and O–H groups in total. The van der Waals surface area contributed by atoms with E-state index in [0.717, 1.165) is 0 Å². The Hall–Kier alpha value is -0.185. The van der Waals surface area contributed by atoms with Gasteiger partial charge >= 0.3 is 6.98 Å². The van der Waals surface area contributed by atoms with Gasteiger partial charge in [-0.3, -0.25) is 0 Å². The predicted molar refractivity (Wildman–Crippen MR) is 38.0 cm³/mol. The van der Waals surface area contributed by atoms with Crippen molar-refractivity contribution in [3.8, 4) is 0 Å². The van der Waals surface area contributed by atoms with Crippen molar-refractivity contribution in [1.29, 1.82) is 0 Å². The Morgan fingerprint density at radius 2 is 1.45 bits per heavy atom. The summed E-state index contributed by atoms with van der Waals surface area (Å²) in [6, 6.07) is 0.254. The largest absolute Gasteiger partial charge is 0.481 e. The lowest BCUT2D eigenvalue weighted by atomic mass is 9.64. The zero-order valence-corrected chi connectivity index (χ0v) is 6.40. The first-order valence-electron chi connectivity index (χ1n) is 4.03. The van der Waals surface area contributed by atoms with Gasteiger partial charge in [-0.1, -0.05) is 18.7 Å². The molecule has 0 spiro atoms. The van der Waals surface area contributed by atoms with E-state index in [9.17, 15) is 12.9 Å². The third-order valence-corrected chi connectivity index (χ3v) is 2.43. The average molecular weight is 167 g/mol. The lowest BCUT2D eigenvalue weighted by molar-refractivity contribution is -0.425. The van der Waals surface area contributed by atoms with Gasteiger partial charge in [0.25, 0.3) is 0 Å². The standard InChI is InChI=1S/C6H12BF3N/c8-7(9,10)5-1-3-6(11)4-2-5/h5-6H,1-4,11H2/q-1/p+1. The lowest BCUT2D eigenvalue weighted by Gasteiger charge is -2.31. The van der Waals surface area contributed by atoms with E-state index in [-0.39, 0.29) is 6.04 Å². The number of halogens is 3. The Morgan fingerprint density at radius 3 is 1.82 bits per heavy atom. The van der Waals surface area contributed by atoms with Gasteiger partial charge in [-0.2, -0.15) is 0 Å². The first-order chi connectivity index (χ1) is 5.00. The molecule has 5 heteroatoms. The summed E-state index contributed by atoms with van der Waals surface area (Å²) in [4.78, 5) is 0. The minimum atomic E-state index is -4.58. The number of hydrogen-bond donors (Lipinski definition) is 1. The minimum Gasteiger partial charge on any atom is -0.449 e. The van der Waals surface area contributed by atoms with Gasteiger partial charge in [-0.25, -0.2) is 0 Å². The molecule has 0 aliphatic heterocycles. The van der Waals surface area contributed by atoms with Crippen molar-refractivity contribution in [3.63, 3.8) is 0 Å². The Labute approximate surface area is 64.2 Å². The van der Waals surface area contributed by atoms with Crippen molar-refractivity contribution < 1.29 is 18.7 Å².